The zero-order chi connectivity index (χ0) is 17.7. The minimum absolute atomic E-state index is 0.184. The van der Waals surface area contributed by atoms with Crippen LogP contribution in [0.25, 0.3) is 11.2 Å². The molecule has 0 unspecified atom stereocenters. The number of fused-ring (bicyclic) bond motifs is 3. The van der Waals surface area contributed by atoms with Crippen molar-refractivity contribution in [1.29, 1.82) is 0 Å². The van der Waals surface area contributed by atoms with Gasteiger partial charge in [0.15, 0.2) is 11.2 Å². The molecule has 0 saturated carbocycles. The number of imidazole rings is 1. The van der Waals surface area contributed by atoms with Gasteiger partial charge >= 0.3 is 5.69 Å². The van der Waals surface area contributed by atoms with Crippen molar-refractivity contribution in [2.24, 2.45) is 7.05 Å². The Morgan fingerprint density at radius 3 is 2.60 bits per heavy atom. The summed E-state index contributed by atoms with van der Waals surface area (Å²) < 4.78 is 4.52. The SMILES string of the molecule is C=CCn1c(=O)c2c(nc3n2CCN3c2ccc(C)cc2)n(C)c1=O. The number of anilines is 2. The summed E-state index contributed by atoms with van der Waals surface area (Å²) in [6.45, 7) is 7.25. The number of hydrogen-bond donors (Lipinski definition) is 0. The predicted molar refractivity (Wildman–Crippen MR) is 97.6 cm³/mol. The maximum Gasteiger partial charge on any atom is 0.332 e. The van der Waals surface area contributed by atoms with Crippen LogP contribution in [-0.2, 0) is 20.1 Å². The van der Waals surface area contributed by atoms with E-state index in [9.17, 15) is 9.59 Å². The molecule has 0 radical (unpaired) electrons. The number of nitrogens with zero attached hydrogens (tertiary/aromatic N) is 5. The van der Waals surface area contributed by atoms with Crippen molar-refractivity contribution in [3.63, 3.8) is 0 Å². The highest BCUT2D eigenvalue weighted by molar-refractivity contribution is 5.77. The Morgan fingerprint density at radius 1 is 1.20 bits per heavy atom. The Kier molecular flexibility index (Phi) is 3.38. The number of aromatic nitrogens is 4. The zero-order valence-electron chi connectivity index (χ0n) is 14.3. The van der Waals surface area contributed by atoms with Crippen LogP contribution in [0.4, 0.5) is 11.6 Å². The van der Waals surface area contributed by atoms with Crippen molar-refractivity contribution in [3.05, 3.63) is 63.3 Å². The van der Waals surface area contributed by atoms with Crippen LogP contribution in [0, 0.1) is 6.92 Å². The Balaban J connectivity index is 1.97. The van der Waals surface area contributed by atoms with Gasteiger partial charge in [0.2, 0.25) is 5.95 Å². The third kappa shape index (κ3) is 2.15. The topological polar surface area (TPSA) is 65.1 Å². The van der Waals surface area contributed by atoms with Crippen LogP contribution < -0.4 is 16.1 Å². The summed E-state index contributed by atoms with van der Waals surface area (Å²) in [4.78, 5) is 31.9. The fourth-order valence-electron chi connectivity index (χ4n) is 3.34. The van der Waals surface area contributed by atoms with Crippen molar-refractivity contribution in [2.45, 2.75) is 20.0 Å². The first kappa shape index (κ1) is 15.4. The third-order valence-corrected chi connectivity index (χ3v) is 4.66. The fraction of sp³-hybridized carbons (Fsp3) is 0.278. The lowest BCUT2D eigenvalue weighted by Crippen LogP contribution is -2.39. The first-order valence-electron chi connectivity index (χ1n) is 8.18. The van der Waals surface area contributed by atoms with E-state index >= 15 is 0 Å². The van der Waals surface area contributed by atoms with Gasteiger partial charge in [-0.15, -0.1) is 6.58 Å². The van der Waals surface area contributed by atoms with Crippen LogP contribution in [-0.4, -0.2) is 25.2 Å². The van der Waals surface area contributed by atoms with E-state index in [0.29, 0.717) is 23.7 Å². The molecule has 0 aliphatic carbocycles. The summed E-state index contributed by atoms with van der Waals surface area (Å²) in [5.41, 5.74) is 2.40. The first-order valence-corrected chi connectivity index (χ1v) is 8.18. The highest BCUT2D eigenvalue weighted by atomic mass is 16.2. The number of hydrogen-bond acceptors (Lipinski definition) is 4. The highest BCUT2D eigenvalue weighted by Crippen LogP contribution is 2.31. The van der Waals surface area contributed by atoms with E-state index in [0.717, 1.165) is 12.2 Å². The fourth-order valence-corrected chi connectivity index (χ4v) is 3.34. The monoisotopic (exact) mass is 337 g/mol. The van der Waals surface area contributed by atoms with Crippen LogP contribution in [0.1, 0.15) is 5.56 Å². The Morgan fingerprint density at radius 2 is 1.92 bits per heavy atom. The maximum absolute atomic E-state index is 12.8. The normalized spacial score (nSPS) is 13.4. The molecule has 0 fully saturated rings. The van der Waals surface area contributed by atoms with E-state index in [1.165, 1.54) is 14.7 Å². The summed E-state index contributed by atoms with van der Waals surface area (Å²) >= 11 is 0. The Labute approximate surface area is 144 Å². The van der Waals surface area contributed by atoms with E-state index in [1.807, 2.05) is 35.8 Å². The molecule has 25 heavy (non-hydrogen) atoms. The van der Waals surface area contributed by atoms with Gasteiger partial charge in [0.1, 0.15) is 0 Å². The molecule has 3 heterocycles. The summed E-state index contributed by atoms with van der Waals surface area (Å²) in [6, 6.07) is 8.18. The molecule has 0 N–H and O–H groups in total. The molecular weight excluding hydrogens is 318 g/mol. The van der Waals surface area contributed by atoms with Crippen molar-refractivity contribution in [1.82, 2.24) is 18.7 Å². The van der Waals surface area contributed by atoms with Gasteiger partial charge in [-0.05, 0) is 19.1 Å². The number of rotatable bonds is 3. The van der Waals surface area contributed by atoms with Crippen molar-refractivity contribution in [2.75, 3.05) is 11.4 Å². The number of aryl methyl sites for hydroxylation is 2. The minimum Gasteiger partial charge on any atom is -0.310 e. The molecule has 0 bridgehead atoms. The van der Waals surface area contributed by atoms with Gasteiger partial charge in [0, 0.05) is 32.4 Å². The quantitative estimate of drug-likeness (QED) is 0.680. The molecule has 7 nitrogen and oxygen atoms in total. The molecule has 2 aromatic heterocycles. The van der Waals surface area contributed by atoms with Crippen LogP contribution in [0.15, 0.2) is 46.5 Å². The van der Waals surface area contributed by atoms with Gasteiger partial charge in [0.25, 0.3) is 5.56 Å². The van der Waals surface area contributed by atoms with E-state index in [-0.39, 0.29) is 17.8 Å². The Bertz CT molecular complexity index is 1100. The summed E-state index contributed by atoms with van der Waals surface area (Å²) in [5, 5.41) is 0. The van der Waals surface area contributed by atoms with Crippen LogP contribution in [0.2, 0.25) is 0 Å². The molecule has 128 valence electrons. The molecule has 0 atom stereocenters. The summed E-state index contributed by atoms with van der Waals surface area (Å²) in [7, 11) is 1.64. The lowest BCUT2D eigenvalue weighted by molar-refractivity contribution is 0.662. The largest absolute Gasteiger partial charge is 0.332 e. The van der Waals surface area contributed by atoms with Crippen LogP contribution >= 0.6 is 0 Å². The van der Waals surface area contributed by atoms with Gasteiger partial charge in [-0.3, -0.25) is 13.9 Å². The maximum atomic E-state index is 12.8. The molecule has 0 saturated heterocycles. The summed E-state index contributed by atoms with van der Waals surface area (Å²) in [5.74, 6) is 0.697. The standard InChI is InChI=1S/C18H19N5O2/c1-4-9-23-16(24)14-15(20(3)18(23)25)19-17-21(10-11-22(14)17)13-7-5-12(2)6-8-13/h4-8H,1,9-11H2,2-3H3. The lowest BCUT2D eigenvalue weighted by atomic mass is 10.2. The van der Waals surface area contributed by atoms with Gasteiger partial charge in [-0.1, -0.05) is 23.8 Å². The molecule has 3 aromatic rings. The van der Waals surface area contributed by atoms with E-state index in [1.54, 1.807) is 13.1 Å². The second-order valence-electron chi connectivity index (χ2n) is 6.27. The molecule has 1 aliphatic heterocycles. The smallest absolute Gasteiger partial charge is 0.310 e. The zero-order valence-corrected chi connectivity index (χ0v) is 14.3. The number of benzene rings is 1. The molecule has 1 aliphatic rings. The first-order chi connectivity index (χ1) is 12.0. The van der Waals surface area contributed by atoms with E-state index < -0.39 is 0 Å². The van der Waals surface area contributed by atoms with Crippen molar-refractivity contribution < 1.29 is 0 Å². The third-order valence-electron chi connectivity index (χ3n) is 4.66. The van der Waals surface area contributed by atoms with Gasteiger partial charge in [-0.2, -0.15) is 4.98 Å². The summed E-state index contributed by atoms with van der Waals surface area (Å²) in [6.07, 6.45) is 1.55. The highest BCUT2D eigenvalue weighted by Gasteiger charge is 2.28. The minimum atomic E-state index is -0.379. The number of allylic oxidation sites excluding steroid dienone is 1. The van der Waals surface area contributed by atoms with Gasteiger partial charge in [0.05, 0.1) is 0 Å². The van der Waals surface area contributed by atoms with Gasteiger partial charge in [-0.25, -0.2) is 4.79 Å². The van der Waals surface area contributed by atoms with Crippen LogP contribution in [0.3, 0.4) is 0 Å². The van der Waals surface area contributed by atoms with E-state index in [4.69, 9.17) is 0 Å². The molecule has 1 aromatic carbocycles. The second-order valence-corrected chi connectivity index (χ2v) is 6.27. The molecule has 7 heteroatoms. The average molecular weight is 337 g/mol. The van der Waals surface area contributed by atoms with E-state index in [2.05, 4.69) is 16.5 Å². The van der Waals surface area contributed by atoms with Gasteiger partial charge < -0.3 is 9.47 Å². The lowest BCUT2D eigenvalue weighted by Gasteiger charge is -2.16. The molecule has 0 spiro atoms. The second kappa shape index (κ2) is 5.47. The molecular formula is C18H19N5O2. The predicted octanol–water partition coefficient (Wildman–Crippen LogP) is 1.54. The average Bonchev–Trinajstić information content (AvgIpc) is 3.17. The Hall–Kier alpha value is -3.09. The molecule has 0 amide bonds. The van der Waals surface area contributed by atoms with Crippen LogP contribution in [0.5, 0.6) is 0 Å². The molecule has 4 rings (SSSR count). The van der Waals surface area contributed by atoms with Crippen molar-refractivity contribution >= 4 is 22.8 Å². The van der Waals surface area contributed by atoms with Crippen molar-refractivity contribution in [3.8, 4) is 0 Å².